The molecule has 0 amide bonds. The number of likely N-dealkylation sites (tertiary alicyclic amines) is 1. The summed E-state index contributed by atoms with van der Waals surface area (Å²) in [5, 5.41) is 19.0. The van der Waals surface area contributed by atoms with Crippen LogP contribution in [-0.2, 0) is 6.61 Å². The number of β-amino-alcohol motifs (C(OH)–C–C–N with tert-alkyl or cyclic N) is 1. The lowest BCUT2D eigenvalue weighted by Gasteiger charge is -2.39. The van der Waals surface area contributed by atoms with Gasteiger partial charge in [-0.1, -0.05) is 12.1 Å². The number of rotatable bonds is 5. The molecule has 0 unspecified atom stereocenters. The second-order valence-electron chi connectivity index (χ2n) is 6.76. The van der Waals surface area contributed by atoms with E-state index in [9.17, 15) is 5.11 Å². The minimum Gasteiger partial charge on any atom is -0.392 e. The number of hydrogen-bond acceptors (Lipinski definition) is 4. The van der Waals surface area contributed by atoms with Gasteiger partial charge in [0.1, 0.15) is 0 Å². The lowest BCUT2D eigenvalue weighted by molar-refractivity contribution is 0.0283. The molecule has 1 heterocycles. The second-order valence-corrected chi connectivity index (χ2v) is 6.76. The topological polar surface area (TPSA) is 46.9 Å². The van der Waals surface area contributed by atoms with E-state index >= 15 is 0 Å². The van der Waals surface area contributed by atoms with E-state index < -0.39 is 5.60 Å². The molecule has 2 rings (SSSR count). The maximum Gasteiger partial charge on any atom is 0.0718 e. The average Bonchev–Trinajstić information content (AvgIpc) is 2.46. The largest absolute Gasteiger partial charge is 0.392 e. The lowest BCUT2D eigenvalue weighted by Crippen LogP contribution is -2.47. The molecule has 2 N–H and O–H groups in total. The lowest BCUT2D eigenvalue weighted by atomic mass is 10.0. The van der Waals surface area contributed by atoms with Gasteiger partial charge in [-0.25, -0.2) is 0 Å². The smallest absolute Gasteiger partial charge is 0.0718 e. The molecule has 0 bridgehead atoms. The summed E-state index contributed by atoms with van der Waals surface area (Å²) in [6, 6.07) is 8.66. The number of nitrogens with zero attached hydrogens (tertiary/aromatic N) is 2. The van der Waals surface area contributed by atoms with Crippen LogP contribution in [0.3, 0.4) is 0 Å². The van der Waals surface area contributed by atoms with Gasteiger partial charge in [0.15, 0.2) is 0 Å². The Labute approximate surface area is 128 Å². The predicted octanol–water partition coefficient (Wildman–Crippen LogP) is 1.85. The van der Waals surface area contributed by atoms with E-state index in [1.54, 1.807) is 0 Å². The van der Waals surface area contributed by atoms with Crippen LogP contribution in [0.4, 0.5) is 5.69 Å². The summed E-state index contributed by atoms with van der Waals surface area (Å²) < 4.78 is 0. The molecule has 1 aliphatic heterocycles. The SMILES string of the molecule is CN(c1ccc(CO)cc1)C1CCN(CC(C)(C)O)CC1. The summed E-state index contributed by atoms with van der Waals surface area (Å²) in [4.78, 5) is 4.68. The summed E-state index contributed by atoms with van der Waals surface area (Å²) in [5.74, 6) is 0. The van der Waals surface area contributed by atoms with Crippen molar-refractivity contribution < 1.29 is 10.2 Å². The number of benzene rings is 1. The van der Waals surface area contributed by atoms with Gasteiger partial charge in [-0.3, -0.25) is 0 Å². The van der Waals surface area contributed by atoms with E-state index in [0.29, 0.717) is 6.04 Å². The molecule has 1 aliphatic rings. The van der Waals surface area contributed by atoms with Gasteiger partial charge in [0.2, 0.25) is 0 Å². The van der Waals surface area contributed by atoms with Crippen molar-refractivity contribution >= 4 is 5.69 Å². The van der Waals surface area contributed by atoms with Crippen molar-refractivity contribution in [2.75, 3.05) is 31.6 Å². The van der Waals surface area contributed by atoms with Crippen molar-refractivity contribution in [3.8, 4) is 0 Å². The van der Waals surface area contributed by atoms with Gasteiger partial charge in [-0.15, -0.1) is 0 Å². The third-order valence-electron chi connectivity index (χ3n) is 4.24. The Morgan fingerprint density at radius 2 is 1.76 bits per heavy atom. The van der Waals surface area contributed by atoms with Gasteiger partial charge in [-0.2, -0.15) is 0 Å². The summed E-state index contributed by atoms with van der Waals surface area (Å²) in [5.41, 5.74) is 1.54. The highest BCUT2D eigenvalue weighted by atomic mass is 16.3. The van der Waals surface area contributed by atoms with Crippen molar-refractivity contribution in [2.24, 2.45) is 0 Å². The van der Waals surface area contributed by atoms with Gasteiger partial charge in [0.25, 0.3) is 0 Å². The fourth-order valence-corrected chi connectivity index (χ4v) is 3.06. The van der Waals surface area contributed by atoms with Crippen LogP contribution in [0.2, 0.25) is 0 Å². The zero-order chi connectivity index (χ0) is 15.5. The predicted molar refractivity (Wildman–Crippen MR) is 86.5 cm³/mol. The van der Waals surface area contributed by atoms with Gasteiger partial charge < -0.3 is 20.0 Å². The van der Waals surface area contributed by atoms with Crippen LogP contribution >= 0.6 is 0 Å². The number of piperidine rings is 1. The number of aliphatic hydroxyl groups is 2. The molecule has 118 valence electrons. The van der Waals surface area contributed by atoms with Crippen molar-refractivity contribution in [1.82, 2.24) is 4.90 Å². The first-order chi connectivity index (χ1) is 9.89. The molecule has 0 radical (unpaired) electrons. The Hall–Kier alpha value is -1.10. The van der Waals surface area contributed by atoms with Gasteiger partial charge in [-0.05, 0) is 44.4 Å². The molecule has 1 aromatic rings. The molecule has 0 saturated carbocycles. The molecule has 4 heteroatoms. The average molecular weight is 292 g/mol. The van der Waals surface area contributed by atoms with E-state index in [-0.39, 0.29) is 6.61 Å². The maximum absolute atomic E-state index is 9.90. The van der Waals surface area contributed by atoms with Crippen molar-refractivity contribution in [2.45, 2.75) is 44.9 Å². The summed E-state index contributed by atoms with van der Waals surface area (Å²) >= 11 is 0. The molecular formula is C17H28N2O2. The van der Waals surface area contributed by atoms with Crippen LogP contribution < -0.4 is 4.90 Å². The zero-order valence-electron chi connectivity index (χ0n) is 13.4. The number of hydrogen-bond donors (Lipinski definition) is 2. The summed E-state index contributed by atoms with van der Waals surface area (Å²) in [6.45, 7) is 6.65. The third kappa shape index (κ3) is 4.70. The summed E-state index contributed by atoms with van der Waals surface area (Å²) in [7, 11) is 2.14. The first kappa shape index (κ1) is 16.3. The highest BCUT2D eigenvalue weighted by molar-refractivity contribution is 5.47. The van der Waals surface area contributed by atoms with Crippen LogP contribution in [0.5, 0.6) is 0 Å². The normalized spacial score (nSPS) is 18.0. The van der Waals surface area contributed by atoms with E-state index in [4.69, 9.17) is 5.11 Å². The van der Waals surface area contributed by atoms with Crippen LogP contribution in [0.25, 0.3) is 0 Å². The molecule has 0 atom stereocenters. The molecule has 0 aromatic heterocycles. The molecule has 1 fully saturated rings. The third-order valence-corrected chi connectivity index (χ3v) is 4.24. The van der Waals surface area contributed by atoms with Crippen LogP contribution in [0.1, 0.15) is 32.3 Å². The monoisotopic (exact) mass is 292 g/mol. The quantitative estimate of drug-likeness (QED) is 0.869. The number of anilines is 1. The zero-order valence-corrected chi connectivity index (χ0v) is 13.4. The fraction of sp³-hybridized carbons (Fsp3) is 0.647. The van der Waals surface area contributed by atoms with Crippen LogP contribution in [-0.4, -0.2) is 53.4 Å². The fourth-order valence-electron chi connectivity index (χ4n) is 3.06. The van der Waals surface area contributed by atoms with Crippen molar-refractivity contribution in [3.05, 3.63) is 29.8 Å². The van der Waals surface area contributed by atoms with Crippen molar-refractivity contribution in [1.29, 1.82) is 0 Å². The van der Waals surface area contributed by atoms with E-state index in [0.717, 1.165) is 38.0 Å². The van der Waals surface area contributed by atoms with E-state index in [2.05, 4.69) is 29.0 Å². The van der Waals surface area contributed by atoms with E-state index in [1.807, 2.05) is 26.0 Å². The Balaban J connectivity index is 1.89. The standard InChI is InChI=1S/C17H28N2O2/c1-17(2,21)13-19-10-8-16(9-11-19)18(3)15-6-4-14(12-20)5-7-15/h4-7,16,20-21H,8-13H2,1-3H3. The Morgan fingerprint density at radius 1 is 1.19 bits per heavy atom. The van der Waals surface area contributed by atoms with Crippen LogP contribution in [0, 0.1) is 0 Å². The Bertz CT molecular complexity index is 431. The highest BCUT2D eigenvalue weighted by Crippen LogP contribution is 2.23. The molecule has 21 heavy (non-hydrogen) atoms. The molecular weight excluding hydrogens is 264 g/mol. The first-order valence-corrected chi connectivity index (χ1v) is 7.76. The molecule has 0 aliphatic carbocycles. The molecule has 1 saturated heterocycles. The highest BCUT2D eigenvalue weighted by Gasteiger charge is 2.25. The summed E-state index contributed by atoms with van der Waals surface area (Å²) in [6.07, 6.45) is 2.24. The molecule has 1 aromatic carbocycles. The molecule has 4 nitrogen and oxygen atoms in total. The van der Waals surface area contributed by atoms with E-state index in [1.165, 1.54) is 5.69 Å². The minimum absolute atomic E-state index is 0.0966. The van der Waals surface area contributed by atoms with Gasteiger partial charge >= 0.3 is 0 Å². The molecule has 0 spiro atoms. The minimum atomic E-state index is -0.612. The Morgan fingerprint density at radius 3 is 2.24 bits per heavy atom. The maximum atomic E-state index is 9.90. The number of aliphatic hydroxyl groups excluding tert-OH is 1. The first-order valence-electron chi connectivity index (χ1n) is 7.76. The van der Waals surface area contributed by atoms with Crippen LogP contribution in [0.15, 0.2) is 24.3 Å². The van der Waals surface area contributed by atoms with Gasteiger partial charge in [0.05, 0.1) is 12.2 Å². The van der Waals surface area contributed by atoms with Crippen molar-refractivity contribution in [3.63, 3.8) is 0 Å². The second kappa shape index (κ2) is 6.77. The van der Waals surface area contributed by atoms with Gasteiger partial charge in [0, 0.05) is 38.4 Å². The Kier molecular flexibility index (Phi) is 5.25.